The van der Waals surface area contributed by atoms with E-state index in [1.54, 1.807) is 0 Å². The zero-order valence-electron chi connectivity index (χ0n) is 6.22. The maximum Gasteiger partial charge on any atom is 0.0250 e. The number of rotatable bonds is 1. The summed E-state index contributed by atoms with van der Waals surface area (Å²) in [6.45, 7) is 4.64. The van der Waals surface area contributed by atoms with Crippen molar-refractivity contribution >= 4 is 0 Å². The maximum absolute atomic E-state index is 3.45. The van der Waals surface area contributed by atoms with Gasteiger partial charge in [-0.1, -0.05) is 6.92 Å². The highest BCUT2D eigenvalue weighted by Gasteiger charge is 2.43. The number of hydrogen-bond acceptors (Lipinski definition) is 1. The topological polar surface area (TPSA) is 21.9 Å². The van der Waals surface area contributed by atoms with E-state index in [0.717, 1.165) is 23.9 Å². The van der Waals surface area contributed by atoms with Crippen LogP contribution in [0.5, 0.6) is 0 Å². The molecule has 1 N–H and O–H groups in total. The van der Waals surface area contributed by atoms with Crippen molar-refractivity contribution in [3.05, 3.63) is 0 Å². The summed E-state index contributed by atoms with van der Waals surface area (Å²) in [5, 5.41) is 3.45. The van der Waals surface area contributed by atoms with E-state index >= 15 is 0 Å². The average Bonchev–Trinajstić information content (AvgIpc) is 2.38. The molecular formula is C8H15N. The Balaban J connectivity index is 1.78. The van der Waals surface area contributed by atoms with E-state index in [1.807, 2.05) is 0 Å². The van der Waals surface area contributed by atoms with Crippen molar-refractivity contribution in [2.75, 3.05) is 0 Å². The molecule has 2 fully saturated rings. The van der Waals surface area contributed by atoms with E-state index in [0.29, 0.717) is 0 Å². The van der Waals surface area contributed by atoms with Crippen LogP contribution in [0.3, 0.4) is 0 Å². The zero-order chi connectivity index (χ0) is 6.43. The molecule has 9 heavy (non-hydrogen) atoms. The third-order valence-corrected chi connectivity index (χ3v) is 2.80. The molecule has 1 nitrogen and oxygen atoms in total. The van der Waals surface area contributed by atoms with Crippen molar-refractivity contribution in [3.8, 4) is 0 Å². The van der Waals surface area contributed by atoms with E-state index in [9.17, 15) is 0 Å². The second-order valence-corrected chi connectivity index (χ2v) is 3.82. The fourth-order valence-corrected chi connectivity index (χ4v) is 2.05. The van der Waals surface area contributed by atoms with Crippen LogP contribution in [0.4, 0.5) is 0 Å². The van der Waals surface area contributed by atoms with E-state index < -0.39 is 0 Å². The van der Waals surface area contributed by atoms with Crippen LogP contribution in [0.25, 0.3) is 0 Å². The molecule has 1 saturated heterocycles. The molecule has 0 spiro atoms. The molecule has 0 amide bonds. The molecule has 0 bridgehead atoms. The highest BCUT2D eigenvalue weighted by molar-refractivity contribution is 5.02. The van der Waals surface area contributed by atoms with Crippen LogP contribution in [0.2, 0.25) is 0 Å². The van der Waals surface area contributed by atoms with Gasteiger partial charge in [0.25, 0.3) is 0 Å². The predicted octanol–water partition coefficient (Wildman–Crippen LogP) is 1.39. The van der Waals surface area contributed by atoms with Crippen molar-refractivity contribution in [3.63, 3.8) is 0 Å². The lowest BCUT2D eigenvalue weighted by atomic mass is 9.73. The molecule has 2 unspecified atom stereocenters. The van der Waals surface area contributed by atoms with Crippen molar-refractivity contribution < 1.29 is 0 Å². The van der Waals surface area contributed by atoms with Gasteiger partial charge in [-0.15, -0.1) is 0 Å². The molecule has 2 atom stereocenters. The number of nitrogens with one attached hydrogen (secondary N) is 1. The van der Waals surface area contributed by atoms with Gasteiger partial charge in [-0.2, -0.15) is 0 Å². The lowest BCUT2D eigenvalue weighted by Gasteiger charge is -2.32. The molecule has 1 saturated carbocycles. The Hall–Kier alpha value is -0.0400. The van der Waals surface area contributed by atoms with Crippen LogP contribution in [-0.4, -0.2) is 12.1 Å². The molecule has 1 aliphatic carbocycles. The minimum atomic E-state index is 0.836. The number of hydrogen-bond donors (Lipinski definition) is 1. The summed E-state index contributed by atoms with van der Waals surface area (Å²) in [7, 11) is 0. The van der Waals surface area contributed by atoms with E-state index in [2.05, 4.69) is 19.2 Å². The summed E-state index contributed by atoms with van der Waals surface area (Å²) in [5.74, 6) is 2.06. The fraction of sp³-hybridized carbons (Fsp3) is 1.00. The first-order chi connectivity index (χ1) is 4.27. The first-order valence-electron chi connectivity index (χ1n) is 4.03. The molecule has 0 aromatic carbocycles. The third kappa shape index (κ3) is 0.877. The Kier molecular flexibility index (Phi) is 1.10. The van der Waals surface area contributed by atoms with E-state index in [-0.39, 0.29) is 0 Å². The summed E-state index contributed by atoms with van der Waals surface area (Å²) in [5.41, 5.74) is 0. The Morgan fingerprint density at radius 1 is 1.22 bits per heavy atom. The van der Waals surface area contributed by atoms with Crippen LogP contribution < -0.4 is 5.32 Å². The molecule has 2 aliphatic rings. The Morgan fingerprint density at radius 3 is 2.11 bits per heavy atom. The van der Waals surface area contributed by atoms with Gasteiger partial charge in [-0.25, -0.2) is 0 Å². The standard InChI is InChI=1S/C8H15N/c1-5-3-7(4-5)8-6(2)9-8/h5-9H,3-4H2,1-2H3. The van der Waals surface area contributed by atoms with E-state index in [1.165, 1.54) is 12.8 Å². The Morgan fingerprint density at radius 2 is 1.78 bits per heavy atom. The third-order valence-electron chi connectivity index (χ3n) is 2.80. The second kappa shape index (κ2) is 1.72. The Labute approximate surface area is 56.8 Å². The molecule has 2 rings (SSSR count). The lowest BCUT2D eigenvalue weighted by Crippen LogP contribution is -2.27. The fourth-order valence-electron chi connectivity index (χ4n) is 2.05. The molecule has 1 aliphatic heterocycles. The second-order valence-electron chi connectivity index (χ2n) is 3.82. The minimum absolute atomic E-state index is 0.836. The van der Waals surface area contributed by atoms with Crippen molar-refractivity contribution in [1.29, 1.82) is 0 Å². The largest absolute Gasteiger partial charge is 0.308 e. The lowest BCUT2D eigenvalue weighted by molar-refractivity contribution is 0.206. The zero-order valence-corrected chi connectivity index (χ0v) is 6.22. The van der Waals surface area contributed by atoms with Crippen LogP contribution in [0, 0.1) is 11.8 Å². The molecule has 0 aromatic rings. The maximum atomic E-state index is 3.45. The molecule has 52 valence electrons. The minimum Gasteiger partial charge on any atom is -0.308 e. The molecule has 1 heterocycles. The van der Waals surface area contributed by atoms with Crippen LogP contribution in [0.1, 0.15) is 26.7 Å². The first kappa shape index (κ1) is 5.72. The van der Waals surface area contributed by atoms with Gasteiger partial charge in [0.2, 0.25) is 0 Å². The molecule has 1 heteroatoms. The summed E-state index contributed by atoms with van der Waals surface area (Å²) in [6, 6.07) is 1.74. The highest BCUT2D eigenvalue weighted by atomic mass is 15.1. The quantitative estimate of drug-likeness (QED) is 0.526. The van der Waals surface area contributed by atoms with Gasteiger partial charge >= 0.3 is 0 Å². The summed E-state index contributed by atoms with van der Waals surface area (Å²) >= 11 is 0. The molecule has 0 aromatic heterocycles. The van der Waals surface area contributed by atoms with Gasteiger partial charge in [0.1, 0.15) is 0 Å². The SMILES string of the molecule is CC1CC(C2NC2C)C1. The summed E-state index contributed by atoms with van der Waals surface area (Å²) in [4.78, 5) is 0. The van der Waals surface area contributed by atoms with Gasteiger partial charge in [0.05, 0.1) is 0 Å². The molecular weight excluding hydrogens is 110 g/mol. The highest BCUT2D eigenvalue weighted by Crippen LogP contribution is 2.40. The smallest absolute Gasteiger partial charge is 0.0250 e. The van der Waals surface area contributed by atoms with Crippen LogP contribution in [-0.2, 0) is 0 Å². The van der Waals surface area contributed by atoms with E-state index in [4.69, 9.17) is 0 Å². The van der Waals surface area contributed by atoms with Gasteiger partial charge in [-0.3, -0.25) is 0 Å². The molecule has 0 radical (unpaired) electrons. The monoisotopic (exact) mass is 125 g/mol. The first-order valence-corrected chi connectivity index (χ1v) is 4.03. The van der Waals surface area contributed by atoms with Gasteiger partial charge in [0.15, 0.2) is 0 Å². The normalized spacial score (nSPS) is 56.7. The van der Waals surface area contributed by atoms with Crippen LogP contribution >= 0.6 is 0 Å². The Bertz CT molecular complexity index is 116. The summed E-state index contributed by atoms with van der Waals surface area (Å²) in [6.07, 6.45) is 2.95. The van der Waals surface area contributed by atoms with Crippen LogP contribution in [0.15, 0.2) is 0 Å². The van der Waals surface area contributed by atoms with Crippen molar-refractivity contribution in [2.45, 2.75) is 38.8 Å². The summed E-state index contributed by atoms with van der Waals surface area (Å²) < 4.78 is 0. The van der Waals surface area contributed by atoms with Gasteiger partial charge in [0, 0.05) is 12.1 Å². The average molecular weight is 125 g/mol. The van der Waals surface area contributed by atoms with Crippen molar-refractivity contribution in [1.82, 2.24) is 5.32 Å². The van der Waals surface area contributed by atoms with Gasteiger partial charge < -0.3 is 5.32 Å². The predicted molar refractivity (Wildman–Crippen MR) is 38.3 cm³/mol. The van der Waals surface area contributed by atoms with Gasteiger partial charge in [-0.05, 0) is 31.6 Å². The van der Waals surface area contributed by atoms with Crippen molar-refractivity contribution in [2.24, 2.45) is 11.8 Å².